The van der Waals surface area contributed by atoms with Crippen LogP contribution in [0.15, 0.2) is 24.3 Å². The average Bonchev–Trinajstić information content (AvgIpc) is 2.58. The van der Waals surface area contributed by atoms with Crippen LogP contribution in [0.5, 0.6) is 0 Å². The van der Waals surface area contributed by atoms with Crippen LogP contribution in [-0.4, -0.2) is 46.7 Å². The van der Waals surface area contributed by atoms with Crippen LogP contribution in [0.1, 0.15) is 37.0 Å². The smallest absolute Gasteiger partial charge is 0.340 e. The van der Waals surface area contributed by atoms with Crippen LogP contribution in [0.3, 0.4) is 0 Å². The van der Waals surface area contributed by atoms with Gasteiger partial charge in [0.25, 0.3) is 0 Å². The lowest BCUT2D eigenvalue weighted by Gasteiger charge is -2.24. The molecule has 7 nitrogen and oxygen atoms in total. The average molecular weight is 370 g/mol. The molecule has 1 aromatic carbocycles. The maximum atomic E-state index is 12.2. The van der Waals surface area contributed by atoms with Crippen LogP contribution in [0.2, 0.25) is 0 Å². The van der Waals surface area contributed by atoms with Crippen molar-refractivity contribution in [1.29, 1.82) is 0 Å². The van der Waals surface area contributed by atoms with Crippen molar-refractivity contribution in [2.45, 2.75) is 26.7 Å². The van der Waals surface area contributed by atoms with E-state index in [0.29, 0.717) is 0 Å². The van der Waals surface area contributed by atoms with E-state index in [9.17, 15) is 18.0 Å². The van der Waals surface area contributed by atoms with Crippen LogP contribution in [0.4, 0.5) is 5.69 Å². The molecule has 1 N–H and O–H groups in total. The molecule has 0 spiro atoms. The van der Waals surface area contributed by atoms with Crippen LogP contribution >= 0.6 is 0 Å². The van der Waals surface area contributed by atoms with Gasteiger partial charge in [-0.25, -0.2) is 13.2 Å². The topological polar surface area (TPSA) is 92.8 Å². The van der Waals surface area contributed by atoms with Gasteiger partial charge in [0.05, 0.1) is 31.2 Å². The predicted octanol–water partition coefficient (Wildman–Crippen LogP) is 1.79. The van der Waals surface area contributed by atoms with E-state index in [-0.39, 0.29) is 36.2 Å². The molecule has 0 saturated carbocycles. The van der Waals surface area contributed by atoms with Crippen LogP contribution in [0.25, 0.3) is 0 Å². The summed E-state index contributed by atoms with van der Waals surface area (Å²) in [6.45, 7) is 4.04. The van der Waals surface area contributed by atoms with Crippen LogP contribution in [0, 0.1) is 5.92 Å². The third kappa shape index (κ3) is 5.74. The van der Waals surface area contributed by atoms with Crippen LogP contribution in [-0.2, 0) is 19.6 Å². The second-order valence-corrected chi connectivity index (χ2v) is 7.56. The lowest BCUT2D eigenvalue weighted by atomic mass is 10.0. The highest BCUT2D eigenvalue weighted by Crippen LogP contribution is 2.23. The van der Waals surface area contributed by atoms with Gasteiger partial charge in [0.2, 0.25) is 15.9 Å². The van der Waals surface area contributed by atoms with Gasteiger partial charge in [-0.15, -0.1) is 0 Å². The number of benzene rings is 1. The molecular weight excluding hydrogens is 344 g/mol. The summed E-state index contributed by atoms with van der Waals surface area (Å²) >= 11 is 0. The number of esters is 1. The van der Waals surface area contributed by atoms with E-state index in [1.54, 1.807) is 12.1 Å². The normalized spacial score (nSPS) is 11.2. The summed E-state index contributed by atoms with van der Waals surface area (Å²) < 4.78 is 30.2. The first-order valence-corrected chi connectivity index (χ1v) is 10.0. The highest BCUT2D eigenvalue weighted by molar-refractivity contribution is 7.92. The summed E-state index contributed by atoms with van der Waals surface area (Å²) in [4.78, 5) is 23.9. The van der Waals surface area contributed by atoms with Crippen molar-refractivity contribution in [3.63, 3.8) is 0 Å². The molecule has 0 aliphatic heterocycles. The number of hydrogen-bond acceptors (Lipinski definition) is 5. The van der Waals surface area contributed by atoms with Gasteiger partial charge in [0.15, 0.2) is 0 Å². The van der Waals surface area contributed by atoms with Crippen molar-refractivity contribution < 1.29 is 22.7 Å². The summed E-state index contributed by atoms with van der Waals surface area (Å²) in [5, 5.41) is 2.76. The Labute approximate surface area is 149 Å². The third-order valence-electron chi connectivity index (χ3n) is 3.95. The Morgan fingerprint density at radius 2 is 1.80 bits per heavy atom. The fourth-order valence-corrected chi connectivity index (χ4v) is 3.46. The van der Waals surface area contributed by atoms with Gasteiger partial charge >= 0.3 is 5.97 Å². The van der Waals surface area contributed by atoms with E-state index in [2.05, 4.69) is 5.32 Å². The lowest BCUT2D eigenvalue weighted by Crippen LogP contribution is -2.40. The van der Waals surface area contributed by atoms with Crippen molar-refractivity contribution in [1.82, 2.24) is 5.32 Å². The Balaban J connectivity index is 2.99. The minimum Gasteiger partial charge on any atom is -0.465 e. The predicted molar refractivity (Wildman–Crippen MR) is 97.1 cm³/mol. The minimum atomic E-state index is -3.64. The quantitative estimate of drug-likeness (QED) is 0.669. The number of sulfonamides is 1. The first kappa shape index (κ1) is 21.0. The summed E-state index contributed by atoms with van der Waals surface area (Å²) in [6.07, 6.45) is 2.51. The number of nitrogens with one attached hydrogen (secondary N) is 1. The summed E-state index contributed by atoms with van der Waals surface area (Å²) in [5.41, 5.74) is 0.385. The highest BCUT2D eigenvalue weighted by Gasteiger charge is 2.23. The number of para-hydroxylation sites is 1. The van der Waals surface area contributed by atoms with E-state index < -0.39 is 16.0 Å². The first-order chi connectivity index (χ1) is 11.8. The van der Waals surface area contributed by atoms with Gasteiger partial charge in [-0.2, -0.15) is 0 Å². The molecule has 0 bridgehead atoms. The maximum absolute atomic E-state index is 12.2. The molecule has 0 saturated heterocycles. The van der Waals surface area contributed by atoms with Gasteiger partial charge in [0, 0.05) is 12.5 Å². The molecular formula is C17H26N2O5S. The van der Waals surface area contributed by atoms with Gasteiger partial charge in [-0.05, 0) is 25.0 Å². The molecule has 1 aromatic rings. The molecule has 0 aromatic heterocycles. The summed E-state index contributed by atoms with van der Waals surface area (Å²) in [5.74, 6) is -0.806. The summed E-state index contributed by atoms with van der Waals surface area (Å²) in [6, 6.07) is 6.31. The van der Waals surface area contributed by atoms with Gasteiger partial charge in [0.1, 0.15) is 0 Å². The van der Waals surface area contributed by atoms with Crippen LogP contribution < -0.4 is 9.62 Å². The molecule has 0 fully saturated rings. The van der Waals surface area contributed by atoms with E-state index >= 15 is 0 Å². The number of rotatable bonds is 9. The number of carbonyl (C=O) groups is 2. The Morgan fingerprint density at radius 1 is 1.20 bits per heavy atom. The second-order valence-electron chi connectivity index (χ2n) is 5.65. The van der Waals surface area contributed by atoms with Crippen molar-refractivity contribution in [3.8, 4) is 0 Å². The Kier molecular flexibility index (Phi) is 7.89. The highest BCUT2D eigenvalue weighted by atomic mass is 32.2. The molecule has 0 heterocycles. The maximum Gasteiger partial charge on any atom is 0.340 e. The number of ether oxygens (including phenoxy) is 1. The number of methoxy groups -OCH3 is 1. The van der Waals surface area contributed by atoms with Crippen molar-refractivity contribution >= 4 is 27.6 Å². The Bertz CT molecular complexity index is 699. The van der Waals surface area contributed by atoms with Crippen molar-refractivity contribution in [2.24, 2.45) is 5.92 Å². The molecule has 0 aliphatic rings. The van der Waals surface area contributed by atoms with E-state index in [1.807, 2.05) is 13.8 Å². The van der Waals surface area contributed by atoms with Gasteiger partial charge in [-0.1, -0.05) is 26.0 Å². The minimum absolute atomic E-state index is 0.0265. The number of carbonyl (C=O) groups excluding carboxylic acids is 2. The standard InChI is InChI=1S/C17H26N2O5S/c1-5-13(6-2)16(20)18-11-12-19(25(4,22)23)15-10-8-7-9-14(15)17(21)24-3/h7-10,13H,5-6,11-12H2,1-4H3,(H,18,20). The Hall–Kier alpha value is -2.09. The molecule has 1 rings (SSSR count). The zero-order valence-corrected chi connectivity index (χ0v) is 15.9. The van der Waals surface area contributed by atoms with Crippen molar-refractivity contribution in [3.05, 3.63) is 29.8 Å². The molecule has 1 amide bonds. The molecule has 0 radical (unpaired) electrons. The van der Waals surface area contributed by atoms with Gasteiger partial charge < -0.3 is 10.1 Å². The monoisotopic (exact) mass is 370 g/mol. The molecule has 8 heteroatoms. The lowest BCUT2D eigenvalue weighted by molar-refractivity contribution is -0.125. The number of nitrogens with zero attached hydrogens (tertiary/aromatic N) is 1. The number of amides is 1. The number of anilines is 1. The fraction of sp³-hybridized carbons (Fsp3) is 0.529. The second kappa shape index (κ2) is 9.41. The first-order valence-electron chi connectivity index (χ1n) is 8.18. The third-order valence-corrected chi connectivity index (χ3v) is 5.13. The van der Waals surface area contributed by atoms with Gasteiger partial charge in [-0.3, -0.25) is 9.10 Å². The summed E-state index contributed by atoms with van der Waals surface area (Å²) in [7, 11) is -2.40. The van der Waals surface area contributed by atoms with Crippen molar-refractivity contribution in [2.75, 3.05) is 30.8 Å². The largest absolute Gasteiger partial charge is 0.465 e. The zero-order chi connectivity index (χ0) is 19.0. The zero-order valence-electron chi connectivity index (χ0n) is 15.1. The van der Waals surface area contributed by atoms with E-state index in [0.717, 1.165) is 23.4 Å². The molecule has 25 heavy (non-hydrogen) atoms. The molecule has 140 valence electrons. The molecule has 0 atom stereocenters. The fourth-order valence-electron chi connectivity index (χ4n) is 2.52. The molecule has 0 unspecified atom stereocenters. The molecule has 0 aliphatic carbocycles. The SMILES string of the molecule is CCC(CC)C(=O)NCCN(c1ccccc1C(=O)OC)S(C)(=O)=O. The number of hydrogen-bond donors (Lipinski definition) is 1. The Morgan fingerprint density at radius 3 is 2.32 bits per heavy atom. The van der Waals surface area contributed by atoms with E-state index in [4.69, 9.17) is 4.74 Å². The van der Waals surface area contributed by atoms with E-state index in [1.165, 1.54) is 19.2 Å².